The molecule has 1 atom stereocenters. The van der Waals surface area contributed by atoms with Crippen molar-refractivity contribution < 1.29 is 4.79 Å². The normalized spacial score (nSPS) is 12.6. The average Bonchev–Trinajstić information content (AvgIpc) is 2.67. The summed E-state index contributed by atoms with van der Waals surface area (Å²) in [5.74, 6) is 0.495. The van der Waals surface area contributed by atoms with Gasteiger partial charge in [-0.15, -0.1) is 0 Å². The molecule has 158 valence electrons. The van der Waals surface area contributed by atoms with E-state index < -0.39 is 6.04 Å². The van der Waals surface area contributed by atoms with Gasteiger partial charge in [0, 0.05) is 17.6 Å². The Morgan fingerprint density at radius 2 is 1.90 bits per heavy atom. The lowest BCUT2D eigenvalue weighted by atomic mass is 10.1. The van der Waals surface area contributed by atoms with Gasteiger partial charge in [-0.2, -0.15) is 0 Å². The number of carbonyl (C=O) groups is 1. The second kappa shape index (κ2) is 8.48. The second-order valence-electron chi connectivity index (χ2n) is 8.32. The molecule has 3 aromatic rings. The Labute approximate surface area is 181 Å². The van der Waals surface area contributed by atoms with Crippen molar-refractivity contribution in [2.24, 2.45) is 0 Å². The van der Waals surface area contributed by atoms with E-state index in [9.17, 15) is 9.59 Å². The van der Waals surface area contributed by atoms with Crippen LogP contribution in [0.2, 0.25) is 5.02 Å². The van der Waals surface area contributed by atoms with Crippen molar-refractivity contribution in [3.05, 3.63) is 69.7 Å². The van der Waals surface area contributed by atoms with E-state index in [0.29, 0.717) is 33.9 Å². The van der Waals surface area contributed by atoms with Crippen LogP contribution < -0.4 is 10.9 Å². The fourth-order valence-electron chi connectivity index (χ4n) is 3.42. The highest BCUT2D eigenvalue weighted by Crippen LogP contribution is 2.26. The lowest BCUT2D eigenvalue weighted by Crippen LogP contribution is -2.48. The zero-order valence-corrected chi connectivity index (χ0v) is 18.7. The average molecular weight is 427 g/mol. The molecule has 0 fully saturated rings. The van der Waals surface area contributed by atoms with Crippen LogP contribution in [-0.4, -0.2) is 33.1 Å². The van der Waals surface area contributed by atoms with Gasteiger partial charge in [-0.05, 0) is 57.5 Å². The van der Waals surface area contributed by atoms with Gasteiger partial charge in [0.05, 0.1) is 22.6 Å². The summed E-state index contributed by atoms with van der Waals surface area (Å²) in [6.45, 7) is 7.75. The third kappa shape index (κ3) is 4.49. The Morgan fingerprint density at radius 3 is 2.53 bits per heavy atom. The molecule has 0 aliphatic rings. The van der Waals surface area contributed by atoms with Crippen LogP contribution in [0, 0.1) is 0 Å². The number of nitrogens with zero attached hydrogens (tertiary/aromatic N) is 3. The molecule has 7 heteroatoms. The summed E-state index contributed by atoms with van der Waals surface area (Å²) in [4.78, 5) is 32.7. The van der Waals surface area contributed by atoms with Gasteiger partial charge in [-0.1, -0.05) is 36.7 Å². The van der Waals surface area contributed by atoms with Crippen LogP contribution in [0.4, 0.5) is 4.79 Å². The van der Waals surface area contributed by atoms with E-state index in [1.807, 2.05) is 52.0 Å². The van der Waals surface area contributed by atoms with E-state index in [1.54, 1.807) is 40.8 Å². The van der Waals surface area contributed by atoms with E-state index in [-0.39, 0.29) is 17.1 Å². The van der Waals surface area contributed by atoms with Crippen LogP contribution in [0.5, 0.6) is 0 Å². The third-order valence-corrected chi connectivity index (χ3v) is 5.06. The molecule has 2 aromatic carbocycles. The first-order chi connectivity index (χ1) is 14.1. The first-order valence-corrected chi connectivity index (χ1v) is 10.3. The Morgan fingerprint density at radius 1 is 1.20 bits per heavy atom. The van der Waals surface area contributed by atoms with Crippen molar-refractivity contribution in [1.29, 1.82) is 0 Å². The van der Waals surface area contributed by atoms with E-state index in [4.69, 9.17) is 16.6 Å². The summed E-state index contributed by atoms with van der Waals surface area (Å²) in [6, 6.07) is 13.7. The fourth-order valence-corrected chi connectivity index (χ4v) is 3.60. The Kier molecular flexibility index (Phi) is 6.17. The first-order valence-electron chi connectivity index (χ1n) is 9.95. The maximum atomic E-state index is 13.5. The highest BCUT2D eigenvalue weighted by molar-refractivity contribution is 6.30. The number of hydrogen-bond acceptors (Lipinski definition) is 3. The maximum Gasteiger partial charge on any atom is 0.318 e. The van der Waals surface area contributed by atoms with E-state index in [2.05, 4.69) is 5.32 Å². The van der Waals surface area contributed by atoms with Crippen LogP contribution in [0.15, 0.2) is 53.3 Å². The van der Waals surface area contributed by atoms with Gasteiger partial charge >= 0.3 is 6.03 Å². The molecule has 0 aliphatic carbocycles. The molecule has 30 heavy (non-hydrogen) atoms. The largest absolute Gasteiger partial charge is 0.333 e. The smallest absolute Gasteiger partial charge is 0.318 e. The molecule has 0 aliphatic heterocycles. The first kappa shape index (κ1) is 21.8. The van der Waals surface area contributed by atoms with Crippen LogP contribution >= 0.6 is 11.6 Å². The summed E-state index contributed by atoms with van der Waals surface area (Å²) >= 11 is 6.21. The van der Waals surface area contributed by atoms with Crippen molar-refractivity contribution in [3.63, 3.8) is 0 Å². The number of rotatable bonds is 4. The van der Waals surface area contributed by atoms with Crippen LogP contribution in [0.25, 0.3) is 16.6 Å². The number of hydrogen-bond donors (Lipinski definition) is 1. The Bertz CT molecular complexity index is 1130. The van der Waals surface area contributed by atoms with Crippen LogP contribution in [-0.2, 0) is 0 Å². The fraction of sp³-hybridized carbons (Fsp3) is 0.348. The second-order valence-corrected chi connectivity index (χ2v) is 8.76. The zero-order valence-electron chi connectivity index (χ0n) is 17.9. The van der Waals surface area contributed by atoms with Gasteiger partial charge in [0.2, 0.25) is 0 Å². The SMILES string of the molecule is CCC(c1nc2ccccc2c(=O)n1-c1cccc(Cl)c1)N(C)C(=O)NC(C)(C)C. The molecule has 0 spiro atoms. The highest BCUT2D eigenvalue weighted by Gasteiger charge is 2.28. The highest BCUT2D eigenvalue weighted by atomic mass is 35.5. The standard InChI is InChI=1S/C23H27ClN4O2/c1-6-19(27(5)22(30)26-23(2,3)4)20-25-18-13-8-7-12-17(18)21(29)28(20)16-11-9-10-15(24)14-16/h7-14,19H,6H2,1-5H3,(H,26,30). The summed E-state index contributed by atoms with van der Waals surface area (Å²) in [5.41, 5.74) is 0.635. The number of para-hydroxylation sites is 1. The van der Waals surface area contributed by atoms with Crippen LogP contribution in [0.3, 0.4) is 0 Å². The summed E-state index contributed by atoms with van der Waals surface area (Å²) in [5, 5.41) is 4.01. The van der Waals surface area contributed by atoms with Gasteiger partial charge in [0.1, 0.15) is 5.82 Å². The summed E-state index contributed by atoms with van der Waals surface area (Å²) in [6.07, 6.45) is 0.583. The molecular weight excluding hydrogens is 400 g/mol. The molecule has 3 rings (SSSR count). The minimum absolute atomic E-state index is 0.194. The number of fused-ring (bicyclic) bond motifs is 1. The zero-order chi connectivity index (χ0) is 22.1. The monoisotopic (exact) mass is 426 g/mol. The number of aromatic nitrogens is 2. The molecule has 0 saturated carbocycles. The predicted molar refractivity (Wildman–Crippen MR) is 121 cm³/mol. The van der Waals surface area contributed by atoms with Crippen molar-refractivity contribution in [2.45, 2.75) is 45.7 Å². The topological polar surface area (TPSA) is 67.2 Å². The molecule has 1 aromatic heterocycles. The predicted octanol–water partition coefficient (Wildman–Crippen LogP) is 4.93. The minimum atomic E-state index is -0.413. The van der Waals surface area contributed by atoms with Gasteiger partial charge in [0.25, 0.3) is 5.56 Å². The van der Waals surface area contributed by atoms with Gasteiger partial charge in [-0.25, -0.2) is 9.78 Å². The lowest BCUT2D eigenvalue weighted by molar-refractivity contribution is 0.176. The van der Waals surface area contributed by atoms with E-state index >= 15 is 0 Å². The number of benzene rings is 2. The molecule has 0 bridgehead atoms. The Hall–Kier alpha value is -2.86. The molecule has 6 nitrogen and oxygen atoms in total. The molecule has 1 N–H and O–H groups in total. The van der Waals surface area contributed by atoms with Crippen molar-refractivity contribution in [3.8, 4) is 5.69 Å². The Balaban J connectivity index is 2.23. The maximum absolute atomic E-state index is 13.5. The number of carbonyl (C=O) groups excluding carboxylic acids is 1. The lowest BCUT2D eigenvalue weighted by Gasteiger charge is -2.32. The van der Waals surface area contributed by atoms with Gasteiger partial charge < -0.3 is 10.2 Å². The molecule has 2 amide bonds. The number of amides is 2. The van der Waals surface area contributed by atoms with Crippen molar-refractivity contribution in [2.75, 3.05) is 7.05 Å². The number of halogens is 1. The van der Waals surface area contributed by atoms with Crippen molar-refractivity contribution in [1.82, 2.24) is 19.8 Å². The molecular formula is C23H27ClN4O2. The molecule has 1 heterocycles. The van der Waals surface area contributed by atoms with E-state index in [0.717, 1.165) is 0 Å². The number of urea groups is 1. The third-order valence-electron chi connectivity index (χ3n) is 4.82. The van der Waals surface area contributed by atoms with Crippen molar-refractivity contribution >= 4 is 28.5 Å². The van der Waals surface area contributed by atoms with E-state index in [1.165, 1.54) is 0 Å². The van der Waals surface area contributed by atoms with Gasteiger partial charge in [0.15, 0.2) is 0 Å². The minimum Gasteiger partial charge on any atom is -0.333 e. The molecule has 0 saturated heterocycles. The quantitative estimate of drug-likeness (QED) is 0.643. The molecule has 0 radical (unpaired) electrons. The summed E-state index contributed by atoms with van der Waals surface area (Å²) < 4.78 is 1.56. The van der Waals surface area contributed by atoms with Gasteiger partial charge in [-0.3, -0.25) is 9.36 Å². The summed E-state index contributed by atoms with van der Waals surface area (Å²) in [7, 11) is 1.72. The van der Waals surface area contributed by atoms with Crippen LogP contribution in [0.1, 0.15) is 46.0 Å². The molecule has 1 unspecified atom stereocenters. The number of nitrogens with one attached hydrogen (secondary N) is 1.